The number of piperidine rings is 1. The van der Waals surface area contributed by atoms with Crippen LogP contribution in [0.2, 0.25) is 5.02 Å². The highest BCUT2D eigenvalue weighted by molar-refractivity contribution is 6.34. The SMILES string of the molecule is Cc1cccc(C(=O)N(CC2CCCCN2)C(C)C)c1Cl. The van der Waals surface area contributed by atoms with Crippen molar-refractivity contribution in [2.24, 2.45) is 0 Å². The normalized spacial score (nSPS) is 18.8. The summed E-state index contributed by atoms with van der Waals surface area (Å²) in [6.07, 6.45) is 3.61. The second kappa shape index (κ2) is 7.28. The van der Waals surface area contributed by atoms with Gasteiger partial charge in [0.1, 0.15) is 0 Å². The highest BCUT2D eigenvalue weighted by Gasteiger charge is 2.25. The van der Waals surface area contributed by atoms with Gasteiger partial charge >= 0.3 is 0 Å². The molecule has 4 heteroatoms. The maximum atomic E-state index is 12.8. The van der Waals surface area contributed by atoms with E-state index in [2.05, 4.69) is 19.2 Å². The second-order valence-electron chi connectivity index (χ2n) is 6.13. The molecule has 1 amide bonds. The smallest absolute Gasteiger partial charge is 0.255 e. The first-order valence-electron chi connectivity index (χ1n) is 7.80. The van der Waals surface area contributed by atoms with E-state index in [0.717, 1.165) is 25.1 Å². The highest BCUT2D eigenvalue weighted by Crippen LogP contribution is 2.23. The first kappa shape index (κ1) is 16.3. The zero-order chi connectivity index (χ0) is 15.4. The van der Waals surface area contributed by atoms with Crippen LogP contribution in [0.5, 0.6) is 0 Å². The molecule has 21 heavy (non-hydrogen) atoms. The third kappa shape index (κ3) is 3.98. The molecule has 1 fully saturated rings. The van der Waals surface area contributed by atoms with Gasteiger partial charge in [-0.05, 0) is 51.8 Å². The number of aryl methyl sites for hydroxylation is 1. The fourth-order valence-corrected chi connectivity index (χ4v) is 3.02. The molecule has 116 valence electrons. The summed E-state index contributed by atoms with van der Waals surface area (Å²) >= 11 is 6.32. The average molecular weight is 309 g/mol. The number of hydrogen-bond acceptors (Lipinski definition) is 2. The molecule has 1 aromatic rings. The van der Waals surface area contributed by atoms with Gasteiger partial charge in [0.2, 0.25) is 0 Å². The minimum Gasteiger partial charge on any atom is -0.335 e. The number of halogens is 1. The van der Waals surface area contributed by atoms with Crippen molar-refractivity contribution >= 4 is 17.5 Å². The molecule has 1 saturated heterocycles. The van der Waals surface area contributed by atoms with Crippen LogP contribution in [-0.4, -0.2) is 36.0 Å². The lowest BCUT2D eigenvalue weighted by atomic mass is 10.0. The summed E-state index contributed by atoms with van der Waals surface area (Å²) in [4.78, 5) is 14.8. The molecule has 0 aliphatic carbocycles. The lowest BCUT2D eigenvalue weighted by molar-refractivity contribution is 0.0677. The second-order valence-corrected chi connectivity index (χ2v) is 6.51. The van der Waals surface area contributed by atoms with Crippen LogP contribution in [-0.2, 0) is 0 Å². The van der Waals surface area contributed by atoms with Crippen LogP contribution in [0.1, 0.15) is 49.0 Å². The van der Waals surface area contributed by atoms with Gasteiger partial charge in [0, 0.05) is 18.6 Å². The number of nitrogens with zero attached hydrogens (tertiary/aromatic N) is 1. The van der Waals surface area contributed by atoms with Crippen LogP contribution in [0, 0.1) is 6.92 Å². The maximum absolute atomic E-state index is 12.8. The van der Waals surface area contributed by atoms with Crippen molar-refractivity contribution < 1.29 is 4.79 Å². The zero-order valence-corrected chi connectivity index (χ0v) is 13.9. The predicted molar refractivity (Wildman–Crippen MR) is 88.0 cm³/mol. The van der Waals surface area contributed by atoms with Gasteiger partial charge in [0.05, 0.1) is 10.6 Å². The van der Waals surface area contributed by atoms with Crippen molar-refractivity contribution in [2.45, 2.75) is 52.1 Å². The van der Waals surface area contributed by atoms with E-state index in [1.54, 1.807) is 0 Å². The predicted octanol–water partition coefficient (Wildman–Crippen LogP) is 3.64. The lowest BCUT2D eigenvalue weighted by Crippen LogP contribution is -2.48. The van der Waals surface area contributed by atoms with Gasteiger partial charge in [0.15, 0.2) is 0 Å². The van der Waals surface area contributed by atoms with Crippen LogP contribution in [0.3, 0.4) is 0 Å². The minimum absolute atomic E-state index is 0.0334. The Kier molecular flexibility index (Phi) is 5.65. The molecule has 1 heterocycles. The Morgan fingerprint density at radius 3 is 2.81 bits per heavy atom. The van der Waals surface area contributed by atoms with E-state index >= 15 is 0 Å². The molecule has 0 radical (unpaired) electrons. The zero-order valence-electron chi connectivity index (χ0n) is 13.2. The van der Waals surface area contributed by atoms with Crippen molar-refractivity contribution in [3.63, 3.8) is 0 Å². The van der Waals surface area contributed by atoms with Crippen molar-refractivity contribution in [1.82, 2.24) is 10.2 Å². The number of nitrogens with one attached hydrogen (secondary N) is 1. The number of carbonyl (C=O) groups excluding carboxylic acids is 1. The van der Waals surface area contributed by atoms with E-state index < -0.39 is 0 Å². The first-order chi connectivity index (χ1) is 10.0. The van der Waals surface area contributed by atoms with Crippen molar-refractivity contribution in [2.75, 3.05) is 13.1 Å². The average Bonchev–Trinajstić information content (AvgIpc) is 2.48. The van der Waals surface area contributed by atoms with E-state index in [1.165, 1.54) is 12.8 Å². The van der Waals surface area contributed by atoms with Crippen LogP contribution in [0.25, 0.3) is 0 Å². The van der Waals surface area contributed by atoms with Crippen LogP contribution >= 0.6 is 11.6 Å². The fraction of sp³-hybridized carbons (Fsp3) is 0.588. The van der Waals surface area contributed by atoms with Crippen LogP contribution in [0.4, 0.5) is 0 Å². The summed E-state index contributed by atoms with van der Waals surface area (Å²) < 4.78 is 0. The number of rotatable bonds is 4. The van der Waals surface area contributed by atoms with E-state index in [-0.39, 0.29) is 11.9 Å². The lowest BCUT2D eigenvalue weighted by Gasteiger charge is -2.33. The molecule has 0 aromatic heterocycles. The molecule has 0 spiro atoms. The molecule has 1 aliphatic heterocycles. The molecule has 2 rings (SSSR count). The largest absolute Gasteiger partial charge is 0.335 e. The topological polar surface area (TPSA) is 32.3 Å². The van der Waals surface area contributed by atoms with E-state index in [9.17, 15) is 4.79 Å². The Labute approximate surface area is 132 Å². The number of amides is 1. The van der Waals surface area contributed by atoms with Gasteiger partial charge in [-0.1, -0.05) is 30.2 Å². The monoisotopic (exact) mass is 308 g/mol. The maximum Gasteiger partial charge on any atom is 0.255 e. The van der Waals surface area contributed by atoms with E-state index in [1.807, 2.05) is 30.0 Å². The van der Waals surface area contributed by atoms with Crippen LogP contribution in [0.15, 0.2) is 18.2 Å². The van der Waals surface area contributed by atoms with Crippen molar-refractivity contribution in [1.29, 1.82) is 0 Å². The van der Waals surface area contributed by atoms with Gasteiger partial charge in [-0.15, -0.1) is 0 Å². The Morgan fingerprint density at radius 2 is 2.19 bits per heavy atom. The standard InChI is InChI=1S/C17H25ClN2O/c1-12(2)20(11-14-8-4-5-10-19-14)17(21)15-9-6-7-13(3)16(15)18/h6-7,9,12,14,19H,4-5,8,10-11H2,1-3H3. The summed E-state index contributed by atoms with van der Waals surface area (Å²) in [5.74, 6) is 0.0334. The third-order valence-corrected chi connectivity index (χ3v) is 4.64. The fourth-order valence-electron chi connectivity index (χ4n) is 2.81. The van der Waals surface area contributed by atoms with Gasteiger partial charge in [-0.2, -0.15) is 0 Å². The quantitative estimate of drug-likeness (QED) is 0.921. The summed E-state index contributed by atoms with van der Waals surface area (Å²) in [5, 5.41) is 4.08. The van der Waals surface area contributed by atoms with Crippen molar-refractivity contribution in [3.05, 3.63) is 34.3 Å². The van der Waals surface area contributed by atoms with E-state index in [0.29, 0.717) is 16.6 Å². The van der Waals surface area contributed by atoms with Crippen molar-refractivity contribution in [3.8, 4) is 0 Å². The third-order valence-electron chi connectivity index (χ3n) is 4.14. The molecular formula is C17H25ClN2O. The summed E-state index contributed by atoms with van der Waals surface area (Å²) in [7, 11) is 0. The summed E-state index contributed by atoms with van der Waals surface area (Å²) in [6, 6.07) is 6.21. The molecule has 1 unspecified atom stereocenters. The highest BCUT2D eigenvalue weighted by atomic mass is 35.5. The first-order valence-corrected chi connectivity index (χ1v) is 8.18. The van der Waals surface area contributed by atoms with Gasteiger partial charge in [-0.25, -0.2) is 0 Å². The van der Waals surface area contributed by atoms with E-state index in [4.69, 9.17) is 11.6 Å². The molecular weight excluding hydrogens is 284 g/mol. The van der Waals surface area contributed by atoms with Gasteiger partial charge in [0.25, 0.3) is 5.91 Å². The molecule has 0 saturated carbocycles. The number of benzene rings is 1. The van der Waals surface area contributed by atoms with Crippen LogP contribution < -0.4 is 5.32 Å². The molecule has 0 bridgehead atoms. The Balaban J connectivity index is 2.17. The molecule has 1 aromatic carbocycles. The summed E-state index contributed by atoms with van der Waals surface area (Å²) in [5.41, 5.74) is 1.56. The molecule has 3 nitrogen and oxygen atoms in total. The molecule has 1 atom stereocenters. The Hall–Kier alpha value is -1.06. The number of hydrogen-bond donors (Lipinski definition) is 1. The van der Waals surface area contributed by atoms with Gasteiger partial charge in [-0.3, -0.25) is 4.79 Å². The number of carbonyl (C=O) groups is 1. The molecule has 1 aliphatic rings. The summed E-state index contributed by atoms with van der Waals surface area (Å²) in [6.45, 7) is 7.85. The molecule has 1 N–H and O–H groups in total. The van der Waals surface area contributed by atoms with Gasteiger partial charge < -0.3 is 10.2 Å². The Bertz CT molecular complexity index is 496. The minimum atomic E-state index is 0.0334. The Morgan fingerprint density at radius 1 is 1.43 bits per heavy atom.